The third-order valence-electron chi connectivity index (χ3n) is 3.27. The third-order valence-corrected chi connectivity index (χ3v) is 3.27. The van der Waals surface area contributed by atoms with E-state index in [-0.39, 0.29) is 0 Å². The number of hydrogen-bond acceptors (Lipinski definition) is 5. The topological polar surface area (TPSA) is 61.2 Å². The van der Waals surface area contributed by atoms with E-state index >= 15 is 0 Å². The summed E-state index contributed by atoms with van der Waals surface area (Å²) in [4.78, 5) is 0. The smallest absolute Gasteiger partial charge is 0.0964 e. The van der Waals surface area contributed by atoms with Crippen molar-refractivity contribution in [1.29, 1.82) is 0 Å². The van der Waals surface area contributed by atoms with Gasteiger partial charge in [-0.3, -0.25) is 0 Å². The Kier molecular flexibility index (Phi) is 5.30. The Morgan fingerprint density at radius 3 is 2.84 bits per heavy atom. The van der Waals surface area contributed by atoms with Gasteiger partial charge >= 0.3 is 0 Å². The molecule has 108 valence electrons. The highest BCUT2D eigenvalue weighted by molar-refractivity contribution is 4.90. The Hall–Kier alpha value is -0.980. The number of ether oxygens (including phenoxy) is 2. The Labute approximate surface area is 114 Å². The van der Waals surface area contributed by atoms with Gasteiger partial charge in [0.15, 0.2) is 0 Å². The molecule has 1 fully saturated rings. The molecule has 1 aromatic rings. The minimum atomic E-state index is 0.294. The van der Waals surface area contributed by atoms with E-state index in [2.05, 4.69) is 29.5 Å². The molecule has 0 spiro atoms. The normalized spacial score (nSPS) is 27.6. The van der Waals surface area contributed by atoms with Gasteiger partial charge in [0, 0.05) is 12.7 Å². The van der Waals surface area contributed by atoms with Crippen LogP contribution < -0.4 is 5.32 Å². The summed E-state index contributed by atoms with van der Waals surface area (Å²) in [5, 5.41) is 11.2. The van der Waals surface area contributed by atoms with Gasteiger partial charge in [0.2, 0.25) is 0 Å². The van der Waals surface area contributed by atoms with Gasteiger partial charge in [-0.15, -0.1) is 5.10 Å². The molecule has 1 aromatic heterocycles. The summed E-state index contributed by atoms with van der Waals surface area (Å²) in [5.74, 6) is 0. The van der Waals surface area contributed by atoms with Crippen LogP contribution in [-0.2, 0) is 22.6 Å². The van der Waals surface area contributed by atoms with Gasteiger partial charge in [-0.05, 0) is 33.7 Å². The van der Waals surface area contributed by atoms with Crippen LogP contribution in [0.15, 0.2) is 6.20 Å². The fraction of sp³-hybridized carbons (Fsp3) is 0.846. The van der Waals surface area contributed by atoms with Crippen LogP contribution in [0, 0.1) is 0 Å². The summed E-state index contributed by atoms with van der Waals surface area (Å²) in [6.07, 6.45) is 4.80. The van der Waals surface area contributed by atoms with Crippen LogP contribution in [0.25, 0.3) is 0 Å². The largest absolute Gasteiger partial charge is 0.376 e. The van der Waals surface area contributed by atoms with Crippen molar-refractivity contribution in [3.63, 3.8) is 0 Å². The van der Waals surface area contributed by atoms with Crippen LogP contribution in [-0.4, -0.2) is 47.0 Å². The van der Waals surface area contributed by atoms with Gasteiger partial charge in [-0.25, -0.2) is 4.68 Å². The average molecular weight is 268 g/mol. The zero-order valence-corrected chi connectivity index (χ0v) is 12.0. The highest BCUT2D eigenvalue weighted by Gasteiger charge is 2.24. The molecule has 2 rings (SSSR count). The number of hydrogen-bond donors (Lipinski definition) is 1. The highest BCUT2D eigenvalue weighted by Crippen LogP contribution is 2.21. The van der Waals surface area contributed by atoms with E-state index in [0.29, 0.717) is 24.9 Å². The first-order valence-corrected chi connectivity index (χ1v) is 6.98. The van der Waals surface area contributed by atoms with Crippen molar-refractivity contribution in [1.82, 2.24) is 20.3 Å². The zero-order chi connectivity index (χ0) is 13.7. The maximum absolute atomic E-state index is 5.91. The molecule has 0 radical (unpaired) electrons. The van der Waals surface area contributed by atoms with Crippen molar-refractivity contribution in [2.24, 2.45) is 0 Å². The Morgan fingerprint density at radius 2 is 2.16 bits per heavy atom. The molecule has 1 aliphatic heterocycles. The average Bonchev–Trinajstić information content (AvgIpc) is 2.76. The molecular weight excluding hydrogens is 244 g/mol. The molecule has 1 saturated heterocycles. The third kappa shape index (κ3) is 4.56. The Balaban J connectivity index is 1.70. The lowest BCUT2D eigenvalue weighted by Crippen LogP contribution is -2.34. The monoisotopic (exact) mass is 268 g/mol. The quantitative estimate of drug-likeness (QED) is 0.833. The Morgan fingerprint density at radius 1 is 1.42 bits per heavy atom. The second-order valence-corrected chi connectivity index (χ2v) is 5.22. The minimum absolute atomic E-state index is 0.294. The van der Waals surface area contributed by atoms with Crippen LogP contribution >= 0.6 is 0 Å². The molecule has 6 nitrogen and oxygen atoms in total. The molecule has 0 amide bonds. The summed E-state index contributed by atoms with van der Waals surface area (Å²) < 4.78 is 13.4. The van der Waals surface area contributed by atoms with Crippen LogP contribution in [0.3, 0.4) is 0 Å². The predicted molar refractivity (Wildman–Crippen MR) is 71.8 cm³/mol. The molecule has 2 atom stereocenters. The summed E-state index contributed by atoms with van der Waals surface area (Å²) >= 11 is 0. The van der Waals surface area contributed by atoms with Gasteiger partial charge in [0.1, 0.15) is 0 Å². The van der Waals surface area contributed by atoms with Gasteiger partial charge in [-0.1, -0.05) is 5.21 Å². The molecular formula is C13H24N4O2. The van der Waals surface area contributed by atoms with Crippen molar-refractivity contribution in [2.75, 3.05) is 13.7 Å². The minimum Gasteiger partial charge on any atom is -0.376 e. The number of nitrogens with zero attached hydrogens (tertiary/aromatic N) is 3. The molecule has 19 heavy (non-hydrogen) atoms. The first-order valence-electron chi connectivity index (χ1n) is 6.98. The summed E-state index contributed by atoms with van der Waals surface area (Å²) in [6, 6.07) is 0. The fourth-order valence-corrected chi connectivity index (χ4v) is 2.50. The van der Waals surface area contributed by atoms with Crippen LogP contribution in [0.2, 0.25) is 0 Å². The number of rotatable bonds is 6. The maximum Gasteiger partial charge on any atom is 0.0964 e. The lowest BCUT2D eigenvalue weighted by molar-refractivity contribution is -0.103. The second kappa shape index (κ2) is 6.98. The highest BCUT2D eigenvalue weighted by atomic mass is 16.5. The van der Waals surface area contributed by atoms with Crippen molar-refractivity contribution in [3.05, 3.63) is 11.9 Å². The molecule has 1 N–H and O–H groups in total. The molecule has 0 saturated carbocycles. The number of nitrogens with one attached hydrogen (secondary N) is 1. The SMILES string of the molecule is CNCc1cn(CCOC2CC(C)OC(C)C2)nn1. The maximum atomic E-state index is 5.91. The molecule has 0 bridgehead atoms. The molecule has 6 heteroatoms. The van der Waals surface area contributed by atoms with Crippen molar-refractivity contribution in [2.45, 2.75) is 58.1 Å². The van der Waals surface area contributed by atoms with Crippen LogP contribution in [0.1, 0.15) is 32.4 Å². The fourth-order valence-electron chi connectivity index (χ4n) is 2.50. The van der Waals surface area contributed by atoms with Crippen molar-refractivity contribution < 1.29 is 9.47 Å². The van der Waals surface area contributed by atoms with E-state index in [1.54, 1.807) is 0 Å². The first kappa shape index (κ1) is 14.4. The molecule has 1 aliphatic rings. The summed E-state index contributed by atoms with van der Waals surface area (Å²) in [7, 11) is 1.90. The van der Waals surface area contributed by atoms with E-state index in [9.17, 15) is 0 Å². The van der Waals surface area contributed by atoms with Crippen LogP contribution in [0.5, 0.6) is 0 Å². The second-order valence-electron chi connectivity index (χ2n) is 5.22. The lowest BCUT2D eigenvalue weighted by Gasteiger charge is -2.31. The lowest BCUT2D eigenvalue weighted by atomic mass is 10.0. The molecule has 0 aliphatic carbocycles. The van der Waals surface area contributed by atoms with Gasteiger partial charge in [0.05, 0.1) is 37.2 Å². The van der Waals surface area contributed by atoms with E-state index in [4.69, 9.17) is 9.47 Å². The first-order chi connectivity index (χ1) is 9.17. The van der Waals surface area contributed by atoms with Gasteiger partial charge < -0.3 is 14.8 Å². The standard InChI is InChI=1S/C13H24N4O2/c1-10-6-13(7-11(2)19-10)18-5-4-17-9-12(8-14-3)15-16-17/h9-11,13-14H,4-8H2,1-3H3. The van der Waals surface area contributed by atoms with Gasteiger partial charge in [0.25, 0.3) is 0 Å². The van der Waals surface area contributed by atoms with Crippen molar-refractivity contribution >= 4 is 0 Å². The Bertz CT molecular complexity index is 372. The van der Waals surface area contributed by atoms with Crippen LogP contribution in [0.4, 0.5) is 0 Å². The van der Waals surface area contributed by atoms with E-state index < -0.39 is 0 Å². The summed E-state index contributed by atoms with van der Waals surface area (Å²) in [6.45, 7) is 6.38. The van der Waals surface area contributed by atoms with Gasteiger partial charge in [-0.2, -0.15) is 0 Å². The molecule has 2 unspecified atom stereocenters. The number of aromatic nitrogens is 3. The predicted octanol–water partition coefficient (Wildman–Crippen LogP) is 0.970. The summed E-state index contributed by atoms with van der Waals surface area (Å²) in [5.41, 5.74) is 0.954. The molecule has 2 heterocycles. The zero-order valence-electron chi connectivity index (χ0n) is 12.0. The van der Waals surface area contributed by atoms with E-state index in [1.165, 1.54) is 0 Å². The van der Waals surface area contributed by atoms with E-state index in [1.807, 2.05) is 17.9 Å². The molecule has 0 aromatic carbocycles. The van der Waals surface area contributed by atoms with E-state index in [0.717, 1.165) is 31.6 Å². The van der Waals surface area contributed by atoms with Crippen molar-refractivity contribution in [3.8, 4) is 0 Å².